The highest BCUT2D eigenvalue weighted by atomic mass is 32.2. The zero-order chi connectivity index (χ0) is 24.8. The average molecular weight is 510 g/mol. The van der Waals surface area contributed by atoms with Crippen molar-refractivity contribution < 1.29 is 17.9 Å². The number of sulfonamides is 1. The lowest BCUT2D eigenvalue weighted by atomic mass is 10.2. The summed E-state index contributed by atoms with van der Waals surface area (Å²) in [5.74, 6) is -0.427. The molecule has 7 nitrogen and oxygen atoms in total. The van der Waals surface area contributed by atoms with Crippen molar-refractivity contribution in [3.8, 4) is 0 Å². The van der Waals surface area contributed by atoms with Gasteiger partial charge in [-0.3, -0.25) is 4.79 Å². The number of hydrogen-bond acceptors (Lipinski definition) is 5. The summed E-state index contributed by atoms with van der Waals surface area (Å²) in [6.45, 7) is 3.90. The number of carbonyl (C=O) groups is 1. The zero-order valence-electron chi connectivity index (χ0n) is 19.6. The van der Waals surface area contributed by atoms with Crippen LogP contribution in [0.15, 0.2) is 88.8 Å². The molecule has 4 aromatic rings. The molecule has 0 spiro atoms. The Kier molecular flexibility index (Phi) is 7.92. The average Bonchev–Trinajstić information content (AvgIpc) is 3.21. The Labute approximate surface area is 209 Å². The van der Waals surface area contributed by atoms with E-state index in [0.29, 0.717) is 30.1 Å². The fraction of sp³-hybridized carbons (Fsp3) is 0.231. The van der Waals surface area contributed by atoms with Crippen LogP contribution in [0.2, 0.25) is 0 Å². The summed E-state index contributed by atoms with van der Waals surface area (Å²) < 4.78 is 35.8. The maximum Gasteiger partial charge on any atom is 0.279 e. The summed E-state index contributed by atoms with van der Waals surface area (Å²) in [6.07, 6.45) is 0. The summed E-state index contributed by atoms with van der Waals surface area (Å²) in [4.78, 5) is 18.0. The molecule has 1 heterocycles. The second-order valence-corrected chi connectivity index (χ2v) is 10.9. The SMILES string of the molecule is CCOCCn1c(=NC(=O)c2ccc(S(=O)(=O)N(C)Cc3ccccc3)cc2)sc2ccccc21. The highest BCUT2D eigenvalue weighted by Gasteiger charge is 2.21. The maximum atomic E-state index is 13.0. The molecule has 4 rings (SSSR count). The number of carbonyl (C=O) groups excluding carboxylic acids is 1. The minimum Gasteiger partial charge on any atom is -0.380 e. The molecule has 0 N–H and O–H groups in total. The van der Waals surface area contributed by atoms with Gasteiger partial charge >= 0.3 is 0 Å². The number of fused-ring (bicyclic) bond motifs is 1. The lowest BCUT2D eigenvalue weighted by Crippen LogP contribution is -2.26. The van der Waals surface area contributed by atoms with Crippen LogP contribution in [0.25, 0.3) is 10.2 Å². The van der Waals surface area contributed by atoms with Gasteiger partial charge in [-0.05, 0) is 48.9 Å². The first-order valence-corrected chi connectivity index (χ1v) is 13.5. The summed E-state index contributed by atoms with van der Waals surface area (Å²) in [6, 6.07) is 23.2. The largest absolute Gasteiger partial charge is 0.380 e. The number of thiazole rings is 1. The Hall–Kier alpha value is -3.11. The molecule has 0 aliphatic carbocycles. The van der Waals surface area contributed by atoms with Crippen LogP contribution in [0.1, 0.15) is 22.8 Å². The lowest BCUT2D eigenvalue weighted by molar-refractivity contribution is 0.0996. The van der Waals surface area contributed by atoms with Gasteiger partial charge < -0.3 is 9.30 Å². The Balaban J connectivity index is 1.57. The Bertz CT molecular complexity index is 1470. The number of rotatable bonds is 9. The Morgan fingerprint density at radius 3 is 2.40 bits per heavy atom. The molecule has 0 aliphatic rings. The number of hydrogen-bond donors (Lipinski definition) is 0. The number of amides is 1. The highest BCUT2D eigenvalue weighted by molar-refractivity contribution is 7.89. The van der Waals surface area contributed by atoms with Crippen LogP contribution in [0.4, 0.5) is 0 Å². The topological polar surface area (TPSA) is 81.0 Å². The summed E-state index contributed by atoms with van der Waals surface area (Å²) in [7, 11) is -2.16. The van der Waals surface area contributed by atoms with Gasteiger partial charge in [0.15, 0.2) is 4.80 Å². The molecule has 0 bridgehead atoms. The second kappa shape index (κ2) is 11.1. The van der Waals surface area contributed by atoms with Crippen LogP contribution in [0.3, 0.4) is 0 Å². The first kappa shape index (κ1) is 25.0. The van der Waals surface area contributed by atoms with Gasteiger partial charge in [0.05, 0.1) is 21.7 Å². The van der Waals surface area contributed by atoms with E-state index in [9.17, 15) is 13.2 Å². The van der Waals surface area contributed by atoms with E-state index in [1.54, 1.807) is 7.05 Å². The maximum absolute atomic E-state index is 13.0. The van der Waals surface area contributed by atoms with Crippen molar-refractivity contribution in [1.82, 2.24) is 8.87 Å². The van der Waals surface area contributed by atoms with E-state index >= 15 is 0 Å². The van der Waals surface area contributed by atoms with Crippen molar-refractivity contribution in [2.75, 3.05) is 20.3 Å². The third kappa shape index (κ3) is 5.76. The molecule has 1 aromatic heterocycles. The van der Waals surface area contributed by atoms with Gasteiger partial charge in [-0.1, -0.05) is 53.8 Å². The molecule has 0 radical (unpaired) electrons. The van der Waals surface area contributed by atoms with Crippen LogP contribution >= 0.6 is 11.3 Å². The van der Waals surface area contributed by atoms with Gasteiger partial charge in [-0.25, -0.2) is 8.42 Å². The van der Waals surface area contributed by atoms with Gasteiger partial charge in [-0.2, -0.15) is 9.30 Å². The number of aromatic nitrogens is 1. The van der Waals surface area contributed by atoms with Crippen molar-refractivity contribution in [2.24, 2.45) is 4.99 Å². The molecule has 182 valence electrons. The van der Waals surface area contributed by atoms with E-state index < -0.39 is 15.9 Å². The smallest absolute Gasteiger partial charge is 0.279 e. The van der Waals surface area contributed by atoms with Crippen molar-refractivity contribution in [1.29, 1.82) is 0 Å². The van der Waals surface area contributed by atoms with Crippen LogP contribution in [-0.4, -0.2) is 43.5 Å². The third-order valence-electron chi connectivity index (χ3n) is 5.51. The predicted molar refractivity (Wildman–Crippen MR) is 138 cm³/mol. The standard InChI is InChI=1S/C26H27N3O4S2/c1-3-33-18-17-29-23-11-7-8-12-24(23)34-26(29)27-25(30)21-13-15-22(16-14-21)35(31,32)28(2)19-20-9-5-4-6-10-20/h4-16H,3,17-19H2,1-2H3. The van der Waals surface area contributed by atoms with E-state index in [1.807, 2.05) is 66.1 Å². The Morgan fingerprint density at radius 2 is 1.69 bits per heavy atom. The van der Waals surface area contributed by atoms with E-state index in [-0.39, 0.29) is 11.4 Å². The minimum atomic E-state index is -3.70. The number of benzene rings is 3. The molecule has 1 amide bonds. The van der Waals surface area contributed by atoms with E-state index in [4.69, 9.17) is 4.74 Å². The summed E-state index contributed by atoms with van der Waals surface area (Å²) in [5, 5.41) is 0. The summed E-state index contributed by atoms with van der Waals surface area (Å²) in [5.41, 5.74) is 2.21. The van der Waals surface area contributed by atoms with Crippen LogP contribution in [-0.2, 0) is 27.8 Å². The molecule has 35 heavy (non-hydrogen) atoms. The molecule has 3 aromatic carbocycles. The number of ether oxygens (including phenoxy) is 1. The van der Waals surface area contributed by atoms with Crippen LogP contribution in [0, 0.1) is 0 Å². The fourth-order valence-corrected chi connectivity index (χ4v) is 5.86. The molecule has 0 fully saturated rings. The molecule has 0 unspecified atom stereocenters. The van der Waals surface area contributed by atoms with E-state index in [1.165, 1.54) is 39.9 Å². The molecule has 0 saturated carbocycles. The first-order valence-electron chi connectivity index (χ1n) is 11.3. The van der Waals surface area contributed by atoms with Crippen LogP contribution in [0.5, 0.6) is 0 Å². The third-order valence-corrected chi connectivity index (χ3v) is 8.38. The van der Waals surface area contributed by atoms with Gasteiger partial charge in [-0.15, -0.1) is 0 Å². The monoisotopic (exact) mass is 509 g/mol. The number of nitrogens with zero attached hydrogens (tertiary/aromatic N) is 3. The molecule has 9 heteroatoms. The van der Waals surface area contributed by atoms with Gasteiger partial charge in [0.25, 0.3) is 5.91 Å². The fourth-order valence-electron chi connectivity index (χ4n) is 3.65. The first-order chi connectivity index (χ1) is 16.9. The van der Waals surface area contributed by atoms with Crippen molar-refractivity contribution >= 4 is 37.5 Å². The van der Waals surface area contributed by atoms with Crippen molar-refractivity contribution in [2.45, 2.75) is 24.9 Å². The molecule has 0 saturated heterocycles. The van der Waals surface area contributed by atoms with Gasteiger partial charge in [0, 0.05) is 32.3 Å². The van der Waals surface area contributed by atoms with E-state index in [2.05, 4.69) is 4.99 Å². The molecule has 0 atom stereocenters. The number of para-hydroxylation sites is 1. The van der Waals surface area contributed by atoms with Crippen molar-refractivity contribution in [3.05, 3.63) is 94.8 Å². The highest BCUT2D eigenvalue weighted by Crippen LogP contribution is 2.19. The van der Waals surface area contributed by atoms with E-state index in [0.717, 1.165) is 15.8 Å². The molecular weight excluding hydrogens is 482 g/mol. The summed E-state index contributed by atoms with van der Waals surface area (Å²) >= 11 is 1.43. The normalized spacial score (nSPS) is 12.5. The van der Waals surface area contributed by atoms with Crippen molar-refractivity contribution in [3.63, 3.8) is 0 Å². The predicted octanol–water partition coefficient (Wildman–Crippen LogP) is 4.30. The molecular formula is C26H27N3O4S2. The van der Waals surface area contributed by atoms with Gasteiger partial charge in [0.2, 0.25) is 10.0 Å². The van der Waals surface area contributed by atoms with Gasteiger partial charge in [0.1, 0.15) is 0 Å². The minimum absolute atomic E-state index is 0.126. The Morgan fingerprint density at radius 1 is 1.00 bits per heavy atom. The quantitative estimate of drug-likeness (QED) is 0.315. The zero-order valence-corrected chi connectivity index (χ0v) is 21.3. The van der Waals surface area contributed by atoms with Crippen LogP contribution < -0.4 is 4.80 Å². The molecule has 0 aliphatic heterocycles. The second-order valence-electron chi connectivity index (χ2n) is 7.89. The lowest BCUT2D eigenvalue weighted by Gasteiger charge is -2.17.